The lowest BCUT2D eigenvalue weighted by atomic mass is 9.91. The van der Waals surface area contributed by atoms with Crippen LogP contribution in [0.25, 0.3) is 0 Å². The highest BCUT2D eigenvalue weighted by atomic mass is 16.5. The third-order valence-electron chi connectivity index (χ3n) is 7.39. The number of fused-ring (bicyclic) bond motifs is 1. The molecule has 1 fully saturated rings. The lowest BCUT2D eigenvalue weighted by Gasteiger charge is -2.45. The Morgan fingerprint density at radius 3 is 2.58 bits per heavy atom. The van der Waals surface area contributed by atoms with Gasteiger partial charge in [0.1, 0.15) is 11.6 Å². The zero-order valence-corrected chi connectivity index (χ0v) is 22.2. The summed E-state index contributed by atoms with van der Waals surface area (Å²) in [6, 6.07) is 16.7. The molecule has 0 bridgehead atoms. The van der Waals surface area contributed by atoms with E-state index in [2.05, 4.69) is 24.1 Å². The monoisotopic (exact) mass is 513 g/mol. The molecule has 4 atom stereocenters. The Kier molecular flexibility index (Phi) is 7.60. The quantitative estimate of drug-likeness (QED) is 0.614. The first-order valence-electron chi connectivity index (χ1n) is 13.3. The van der Waals surface area contributed by atoms with Gasteiger partial charge in [0, 0.05) is 31.4 Å². The minimum Gasteiger partial charge on any atom is -0.492 e. The Hall–Kier alpha value is -3.91. The molecule has 38 heavy (non-hydrogen) atoms. The Labute approximate surface area is 224 Å². The van der Waals surface area contributed by atoms with E-state index in [1.54, 1.807) is 4.90 Å². The third-order valence-corrected chi connectivity index (χ3v) is 7.39. The molecule has 0 spiro atoms. The Balaban J connectivity index is 1.39. The van der Waals surface area contributed by atoms with Gasteiger partial charge in [0.25, 0.3) is 0 Å². The fraction of sp³-hybridized carbons (Fsp3) is 0.367. The van der Waals surface area contributed by atoms with Crippen molar-refractivity contribution in [3.05, 3.63) is 78.9 Å². The van der Waals surface area contributed by atoms with Crippen molar-refractivity contribution in [1.82, 2.24) is 9.80 Å². The number of rotatable bonds is 6. The van der Waals surface area contributed by atoms with Gasteiger partial charge in [0.15, 0.2) is 0 Å². The predicted molar refractivity (Wildman–Crippen MR) is 151 cm³/mol. The van der Waals surface area contributed by atoms with Crippen LogP contribution in [-0.4, -0.2) is 71.9 Å². The van der Waals surface area contributed by atoms with Gasteiger partial charge in [-0.2, -0.15) is 0 Å². The highest BCUT2D eigenvalue weighted by Gasteiger charge is 2.42. The van der Waals surface area contributed by atoms with Crippen molar-refractivity contribution in [2.45, 2.75) is 38.9 Å². The van der Waals surface area contributed by atoms with E-state index in [1.165, 1.54) is 0 Å². The van der Waals surface area contributed by atoms with E-state index in [0.29, 0.717) is 43.5 Å². The first-order chi connectivity index (χ1) is 18.5. The molecule has 0 saturated carbocycles. The number of piperazine rings is 1. The van der Waals surface area contributed by atoms with Crippen LogP contribution in [0.3, 0.4) is 0 Å². The van der Waals surface area contributed by atoms with Crippen molar-refractivity contribution in [1.29, 1.82) is 0 Å². The molecule has 3 aliphatic rings. The van der Waals surface area contributed by atoms with Crippen molar-refractivity contribution in [2.24, 2.45) is 10.9 Å². The van der Waals surface area contributed by atoms with E-state index < -0.39 is 0 Å². The number of urea groups is 1. The van der Waals surface area contributed by atoms with Crippen LogP contribution in [0.1, 0.15) is 20.8 Å². The molecule has 4 unspecified atom stereocenters. The number of para-hydroxylation sites is 3. The smallest absolute Gasteiger partial charge is 0.322 e. The zero-order chi connectivity index (χ0) is 26.6. The van der Waals surface area contributed by atoms with Crippen molar-refractivity contribution >= 4 is 29.1 Å². The Bertz CT molecular complexity index is 1260. The molecule has 2 aromatic rings. The molecule has 0 radical (unpaired) electrons. The van der Waals surface area contributed by atoms with Gasteiger partial charge >= 0.3 is 6.03 Å². The number of benzene rings is 2. The number of carbonyl (C=O) groups is 2. The third kappa shape index (κ3) is 5.09. The van der Waals surface area contributed by atoms with Gasteiger partial charge in [0.2, 0.25) is 5.91 Å². The topological polar surface area (TPSA) is 77.5 Å². The number of carbonyl (C=O) groups excluding carboxylic acids is 2. The van der Waals surface area contributed by atoms with Gasteiger partial charge in [-0.05, 0) is 45.0 Å². The molecule has 198 valence electrons. The molecule has 2 heterocycles. The highest BCUT2D eigenvalue weighted by molar-refractivity contribution is 6.22. The Morgan fingerprint density at radius 2 is 1.82 bits per heavy atom. The molecule has 2 aromatic carbocycles. The number of amides is 3. The normalized spacial score (nSPS) is 24.0. The average molecular weight is 514 g/mol. The first-order valence-corrected chi connectivity index (χ1v) is 13.3. The molecule has 0 aromatic heterocycles. The van der Waals surface area contributed by atoms with E-state index >= 15 is 0 Å². The molecular weight excluding hydrogens is 478 g/mol. The number of nitrogens with zero attached hydrogens (tertiary/aromatic N) is 4. The van der Waals surface area contributed by atoms with Crippen LogP contribution in [0.2, 0.25) is 0 Å². The van der Waals surface area contributed by atoms with E-state index in [0.717, 1.165) is 5.69 Å². The molecule has 8 nitrogen and oxygen atoms in total. The number of hydrogen-bond acceptors (Lipinski definition) is 5. The minimum atomic E-state index is -0.344. The number of aliphatic imine (C=N–C) groups is 1. The summed E-state index contributed by atoms with van der Waals surface area (Å²) in [5, 5.41) is 3.00. The molecule has 8 heteroatoms. The second-order valence-electron chi connectivity index (χ2n) is 9.86. The molecule has 1 saturated heterocycles. The Morgan fingerprint density at radius 1 is 1.08 bits per heavy atom. The molecular formula is C30H35N5O3. The number of amidine groups is 1. The van der Waals surface area contributed by atoms with Crippen LogP contribution < -0.4 is 15.0 Å². The summed E-state index contributed by atoms with van der Waals surface area (Å²) in [5.41, 5.74) is 1.49. The van der Waals surface area contributed by atoms with Crippen LogP contribution in [0.5, 0.6) is 5.75 Å². The van der Waals surface area contributed by atoms with Crippen LogP contribution in [-0.2, 0) is 4.79 Å². The van der Waals surface area contributed by atoms with Crippen molar-refractivity contribution in [3.63, 3.8) is 0 Å². The first kappa shape index (κ1) is 25.7. The zero-order valence-electron chi connectivity index (χ0n) is 22.2. The standard InChI is InChI=1S/C30H35N5O3/c1-4-38-27-17-11-10-16-26(27)35-28(32-25-15-9-8-14-24(25)29(35)36)22(3)33-18-19-34(21(2)20-33)30(37)31-23-12-6-5-7-13-23/h5-17,21-22,24-25H,4,18-20H2,1-3H3,(H,31,37). The molecule has 1 aliphatic carbocycles. The van der Waals surface area contributed by atoms with Gasteiger partial charge in [-0.25, -0.2) is 4.79 Å². The summed E-state index contributed by atoms with van der Waals surface area (Å²) in [5.74, 6) is 1.02. The predicted octanol–water partition coefficient (Wildman–Crippen LogP) is 4.57. The van der Waals surface area contributed by atoms with Crippen molar-refractivity contribution < 1.29 is 14.3 Å². The highest BCUT2D eigenvalue weighted by Crippen LogP contribution is 2.35. The number of nitrogens with one attached hydrogen (secondary N) is 1. The molecule has 2 aliphatic heterocycles. The summed E-state index contributed by atoms with van der Waals surface area (Å²) in [4.78, 5) is 37.9. The summed E-state index contributed by atoms with van der Waals surface area (Å²) in [6.07, 6.45) is 7.79. The SMILES string of the molecule is CCOc1ccccc1N1C(=O)C2C=CC=CC2N=C1C(C)N1CCN(C(=O)Nc2ccccc2)C(C)C1. The lowest BCUT2D eigenvalue weighted by Crippen LogP contribution is -2.61. The number of ether oxygens (including phenoxy) is 1. The second-order valence-corrected chi connectivity index (χ2v) is 9.86. The maximum atomic E-state index is 13.9. The van der Waals surface area contributed by atoms with Gasteiger partial charge in [-0.1, -0.05) is 54.6 Å². The van der Waals surface area contributed by atoms with E-state index in [9.17, 15) is 9.59 Å². The minimum absolute atomic E-state index is 0.00599. The summed E-state index contributed by atoms with van der Waals surface area (Å²) < 4.78 is 5.91. The van der Waals surface area contributed by atoms with Gasteiger partial charge in [0.05, 0.1) is 30.3 Å². The summed E-state index contributed by atoms with van der Waals surface area (Å²) in [7, 11) is 0. The van der Waals surface area contributed by atoms with Gasteiger partial charge < -0.3 is 15.0 Å². The largest absolute Gasteiger partial charge is 0.492 e. The van der Waals surface area contributed by atoms with Gasteiger partial charge in [-0.15, -0.1) is 0 Å². The van der Waals surface area contributed by atoms with Crippen LogP contribution in [0, 0.1) is 5.92 Å². The van der Waals surface area contributed by atoms with Crippen LogP contribution >= 0.6 is 0 Å². The summed E-state index contributed by atoms with van der Waals surface area (Å²) >= 11 is 0. The van der Waals surface area contributed by atoms with Crippen molar-refractivity contribution in [2.75, 3.05) is 36.5 Å². The van der Waals surface area contributed by atoms with Crippen LogP contribution in [0.15, 0.2) is 83.9 Å². The molecule has 5 rings (SSSR count). The van der Waals surface area contributed by atoms with E-state index in [-0.39, 0.29) is 36.0 Å². The van der Waals surface area contributed by atoms with E-state index in [1.807, 2.05) is 90.7 Å². The van der Waals surface area contributed by atoms with Crippen LogP contribution in [0.4, 0.5) is 16.2 Å². The number of allylic oxidation sites excluding steroid dienone is 2. The maximum Gasteiger partial charge on any atom is 0.322 e. The van der Waals surface area contributed by atoms with E-state index in [4.69, 9.17) is 9.73 Å². The number of hydrogen-bond donors (Lipinski definition) is 1. The lowest BCUT2D eigenvalue weighted by molar-refractivity contribution is -0.120. The van der Waals surface area contributed by atoms with Gasteiger partial charge in [-0.3, -0.25) is 19.6 Å². The molecule has 1 N–H and O–H groups in total. The molecule has 3 amide bonds. The maximum absolute atomic E-state index is 13.9. The van der Waals surface area contributed by atoms with Crippen molar-refractivity contribution in [3.8, 4) is 5.75 Å². The summed E-state index contributed by atoms with van der Waals surface area (Å²) in [6.45, 7) is 8.51. The fourth-order valence-electron chi connectivity index (χ4n) is 5.40. The average Bonchev–Trinajstić information content (AvgIpc) is 2.94. The fourth-order valence-corrected chi connectivity index (χ4v) is 5.40. The number of anilines is 2. The second kappa shape index (κ2) is 11.2.